The summed E-state index contributed by atoms with van der Waals surface area (Å²) < 4.78 is 6.44. The van der Waals surface area contributed by atoms with Crippen LogP contribution in [0, 0.1) is 23.7 Å². The van der Waals surface area contributed by atoms with Gasteiger partial charge in [0.2, 0.25) is 5.91 Å². The summed E-state index contributed by atoms with van der Waals surface area (Å²) in [5.74, 6) is -1.26. The molecule has 4 unspecified atom stereocenters. The first-order valence-electron chi connectivity index (χ1n) is 8.78. The lowest BCUT2D eigenvalue weighted by Gasteiger charge is -2.26. The Balaban J connectivity index is 1.52. The Morgan fingerprint density at radius 3 is 2.59 bits per heavy atom. The van der Waals surface area contributed by atoms with Crippen LogP contribution in [0.3, 0.4) is 0 Å². The number of alkyl halides is 2. The number of ether oxygens (including phenoxy) is 1. The number of benzene rings is 1. The van der Waals surface area contributed by atoms with E-state index in [1.165, 1.54) is 11.3 Å². The molecule has 1 saturated carbocycles. The number of nitrogens with zero attached hydrogens (tertiary/aromatic N) is 1. The topological polar surface area (TPSA) is 68.3 Å². The third-order valence-electron chi connectivity index (χ3n) is 5.19. The number of fused-ring (bicyclic) bond motifs is 3. The average Bonchev–Trinajstić information content (AvgIpc) is 3.38. The van der Waals surface area contributed by atoms with E-state index in [2.05, 4.69) is 10.3 Å². The zero-order valence-electron chi connectivity index (χ0n) is 14.3. The summed E-state index contributed by atoms with van der Waals surface area (Å²) >= 11 is 13.0. The third-order valence-corrected chi connectivity index (χ3v) is 6.83. The van der Waals surface area contributed by atoms with E-state index >= 15 is 0 Å². The summed E-state index contributed by atoms with van der Waals surface area (Å²) in [6, 6.07) is 7.70. The summed E-state index contributed by atoms with van der Waals surface area (Å²) in [5.41, 5.74) is 0.841. The first-order valence-corrected chi connectivity index (χ1v) is 10.7. The molecule has 0 saturated heterocycles. The zero-order chi connectivity index (χ0) is 19.0. The van der Waals surface area contributed by atoms with Gasteiger partial charge >= 0.3 is 5.97 Å². The second-order valence-corrected chi connectivity index (χ2v) is 8.49. The van der Waals surface area contributed by atoms with Crippen molar-refractivity contribution in [3.05, 3.63) is 36.4 Å². The largest absolute Gasteiger partial charge is 0.460 e. The Kier molecular flexibility index (Phi) is 5.39. The highest BCUT2D eigenvalue weighted by Gasteiger charge is 2.52. The molecule has 2 bridgehead atoms. The van der Waals surface area contributed by atoms with Gasteiger partial charge in [0.05, 0.1) is 33.8 Å². The normalized spacial score (nSPS) is 26.0. The van der Waals surface area contributed by atoms with Crippen molar-refractivity contribution in [3.8, 4) is 0 Å². The first-order chi connectivity index (χ1) is 13.1. The summed E-state index contributed by atoms with van der Waals surface area (Å²) in [7, 11) is 0. The molecule has 4 atom stereocenters. The fourth-order valence-corrected chi connectivity index (χ4v) is 5.29. The van der Waals surface area contributed by atoms with Gasteiger partial charge in [-0.05, 0) is 30.4 Å². The molecule has 1 aromatic carbocycles. The second-order valence-electron chi connectivity index (χ2n) is 6.84. The van der Waals surface area contributed by atoms with Gasteiger partial charge in [0.25, 0.3) is 0 Å². The highest BCUT2D eigenvalue weighted by atomic mass is 35.5. The molecule has 2 aliphatic carbocycles. The van der Waals surface area contributed by atoms with Crippen LogP contribution in [0.4, 0.5) is 5.13 Å². The maximum absolute atomic E-state index is 13.0. The minimum atomic E-state index is -0.545. The van der Waals surface area contributed by atoms with E-state index in [1.807, 2.05) is 36.4 Å². The smallest absolute Gasteiger partial charge is 0.310 e. The number of halogens is 2. The van der Waals surface area contributed by atoms with Gasteiger partial charge in [-0.15, -0.1) is 23.2 Å². The van der Waals surface area contributed by atoms with Gasteiger partial charge in [0.1, 0.15) is 6.10 Å². The molecule has 1 N–H and O–H groups in total. The van der Waals surface area contributed by atoms with Crippen LogP contribution >= 0.6 is 34.5 Å². The van der Waals surface area contributed by atoms with Crippen LogP contribution in [0.2, 0.25) is 0 Å². The van der Waals surface area contributed by atoms with Crippen molar-refractivity contribution in [1.29, 1.82) is 0 Å². The van der Waals surface area contributed by atoms with Gasteiger partial charge in [-0.1, -0.05) is 35.6 Å². The van der Waals surface area contributed by atoms with Gasteiger partial charge in [-0.25, -0.2) is 4.98 Å². The predicted molar refractivity (Wildman–Crippen MR) is 107 cm³/mol. The molecule has 2 aliphatic rings. The van der Waals surface area contributed by atoms with Crippen LogP contribution in [0.1, 0.15) is 6.42 Å². The van der Waals surface area contributed by atoms with Gasteiger partial charge < -0.3 is 10.1 Å². The number of para-hydroxylation sites is 1. The molecule has 2 aromatic rings. The number of hydrogen-bond donors (Lipinski definition) is 1. The van der Waals surface area contributed by atoms with Gasteiger partial charge in [-0.3, -0.25) is 9.59 Å². The monoisotopic (exact) mass is 424 g/mol. The molecule has 0 spiro atoms. The van der Waals surface area contributed by atoms with E-state index in [0.717, 1.165) is 16.6 Å². The number of amides is 1. The first kappa shape index (κ1) is 18.7. The Hall–Kier alpha value is -1.63. The summed E-state index contributed by atoms with van der Waals surface area (Å²) in [6.07, 6.45) is 4.27. The van der Waals surface area contributed by atoms with Crippen molar-refractivity contribution in [2.45, 2.75) is 12.5 Å². The molecule has 1 fully saturated rings. The summed E-state index contributed by atoms with van der Waals surface area (Å²) in [6.45, 7) is 0. The fraction of sp³-hybridized carbons (Fsp3) is 0.421. The average molecular weight is 425 g/mol. The highest BCUT2D eigenvalue weighted by molar-refractivity contribution is 7.22. The van der Waals surface area contributed by atoms with Crippen molar-refractivity contribution in [3.63, 3.8) is 0 Å². The van der Waals surface area contributed by atoms with Crippen molar-refractivity contribution in [2.75, 3.05) is 17.1 Å². The minimum Gasteiger partial charge on any atom is -0.460 e. The number of allylic oxidation sites excluding steroid dienone is 2. The third kappa shape index (κ3) is 3.58. The van der Waals surface area contributed by atoms with Crippen LogP contribution in [-0.2, 0) is 14.3 Å². The Morgan fingerprint density at radius 2 is 1.89 bits per heavy atom. The van der Waals surface area contributed by atoms with Gasteiger partial charge in [0, 0.05) is 0 Å². The van der Waals surface area contributed by atoms with Gasteiger partial charge in [-0.2, -0.15) is 0 Å². The molecule has 27 heavy (non-hydrogen) atoms. The molecule has 8 heteroatoms. The van der Waals surface area contributed by atoms with Crippen molar-refractivity contribution >= 4 is 61.8 Å². The number of esters is 1. The lowest BCUT2D eigenvalue weighted by Crippen LogP contribution is -2.39. The Bertz CT molecular complexity index is 863. The quantitative estimate of drug-likeness (QED) is 0.431. The lowest BCUT2D eigenvalue weighted by atomic mass is 9.82. The Labute approximate surface area is 170 Å². The fourth-order valence-electron chi connectivity index (χ4n) is 3.96. The van der Waals surface area contributed by atoms with E-state index in [4.69, 9.17) is 27.9 Å². The molecule has 142 valence electrons. The standard InChI is InChI=1S/C19H18Cl2N2O3S/c20-8-12(9-21)26-18(25)16-11-6-5-10(7-11)15(16)17(24)23-19-22-13-3-1-2-4-14(13)27-19/h1-6,10-12,15-16H,7-9H2,(H,22,23,24). The van der Waals surface area contributed by atoms with Crippen LogP contribution in [0.25, 0.3) is 10.2 Å². The SMILES string of the molecule is O=C(Nc1nc2ccccc2s1)C1C2C=CC(C2)C1C(=O)OC(CCl)CCl. The molecule has 0 aliphatic heterocycles. The highest BCUT2D eigenvalue weighted by Crippen LogP contribution is 2.49. The zero-order valence-corrected chi connectivity index (χ0v) is 16.6. The molecule has 1 amide bonds. The number of carbonyl (C=O) groups is 2. The van der Waals surface area contributed by atoms with Crippen LogP contribution in [0.15, 0.2) is 36.4 Å². The van der Waals surface area contributed by atoms with Crippen molar-refractivity contribution in [2.24, 2.45) is 23.7 Å². The maximum atomic E-state index is 13.0. The number of rotatable bonds is 6. The minimum absolute atomic E-state index is 0.0138. The molecule has 1 aromatic heterocycles. The Morgan fingerprint density at radius 1 is 1.19 bits per heavy atom. The van der Waals surface area contributed by atoms with Crippen LogP contribution in [0.5, 0.6) is 0 Å². The van der Waals surface area contributed by atoms with Crippen LogP contribution < -0.4 is 5.32 Å². The molecule has 1 heterocycles. The number of hydrogen-bond acceptors (Lipinski definition) is 5. The van der Waals surface area contributed by atoms with E-state index in [9.17, 15) is 9.59 Å². The summed E-state index contributed by atoms with van der Waals surface area (Å²) in [4.78, 5) is 30.1. The van der Waals surface area contributed by atoms with Crippen molar-refractivity contribution < 1.29 is 14.3 Å². The maximum Gasteiger partial charge on any atom is 0.310 e. The van der Waals surface area contributed by atoms with E-state index < -0.39 is 23.9 Å². The second kappa shape index (κ2) is 7.78. The van der Waals surface area contributed by atoms with E-state index in [1.54, 1.807) is 0 Å². The molecule has 4 rings (SSSR count). The number of thiazole rings is 1. The van der Waals surface area contributed by atoms with E-state index in [-0.39, 0.29) is 29.5 Å². The number of anilines is 1. The lowest BCUT2D eigenvalue weighted by molar-refractivity contribution is -0.156. The molecule has 5 nitrogen and oxygen atoms in total. The summed E-state index contributed by atoms with van der Waals surface area (Å²) in [5, 5.41) is 3.44. The number of aromatic nitrogens is 1. The number of nitrogens with one attached hydrogen (secondary N) is 1. The van der Waals surface area contributed by atoms with Gasteiger partial charge in [0.15, 0.2) is 5.13 Å². The number of carbonyl (C=O) groups excluding carboxylic acids is 2. The molecule has 0 radical (unpaired) electrons. The van der Waals surface area contributed by atoms with Crippen molar-refractivity contribution in [1.82, 2.24) is 4.98 Å². The molecular weight excluding hydrogens is 407 g/mol. The van der Waals surface area contributed by atoms with Crippen LogP contribution in [-0.4, -0.2) is 34.7 Å². The molecular formula is C19H18Cl2N2O3S. The predicted octanol–water partition coefficient (Wildman–Crippen LogP) is 4.06. The van der Waals surface area contributed by atoms with E-state index in [0.29, 0.717) is 5.13 Å².